The summed E-state index contributed by atoms with van der Waals surface area (Å²) < 4.78 is 0. The summed E-state index contributed by atoms with van der Waals surface area (Å²) in [6.07, 6.45) is 1.11. The minimum Gasteiger partial charge on any atom is -0.303 e. The Morgan fingerprint density at radius 2 is 1.82 bits per heavy atom. The van der Waals surface area contributed by atoms with Crippen LogP contribution in [-0.4, -0.2) is 18.4 Å². The highest BCUT2D eigenvalue weighted by Crippen LogP contribution is 2.16. The quantitative estimate of drug-likeness (QED) is 0.442. The predicted octanol–water partition coefficient (Wildman–Crippen LogP) is 0.616. The zero-order valence-electron chi connectivity index (χ0n) is 6.96. The highest BCUT2D eigenvalue weighted by Gasteiger charge is 2.30. The van der Waals surface area contributed by atoms with Gasteiger partial charge in [0.1, 0.15) is 12.6 Å². The van der Waals surface area contributed by atoms with Gasteiger partial charge in [-0.3, -0.25) is 4.79 Å². The van der Waals surface area contributed by atoms with Crippen molar-refractivity contribution in [2.45, 2.75) is 20.8 Å². The number of hydrogen-bond acceptors (Lipinski definition) is 3. The fourth-order valence-corrected chi connectivity index (χ4v) is 0.707. The Hall–Kier alpha value is -0.990. The van der Waals surface area contributed by atoms with Crippen LogP contribution in [0, 0.1) is 11.3 Å². The number of hydrogen-bond donors (Lipinski definition) is 0. The van der Waals surface area contributed by atoms with Crippen molar-refractivity contribution in [3.05, 3.63) is 0 Å². The molecule has 0 saturated heterocycles. The summed E-state index contributed by atoms with van der Waals surface area (Å²) in [5.74, 6) is -1.02. The SMILES string of the molecule is C[C@H](C=O)C(=O)C(C)(C)C=O. The molecule has 0 spiro atoms. The molecule has 0 rings (SSSR count). The van der Waals surface area contributed by atoms with E-state index in [1.165, 1.54) is 20.8 Å². The fraction of sp³-hybridized carbons (Fsp3) is 0.625. The summed E-state index contributed by atoms with van der Waals surface area (Å²) in [5.41, 5.74) is -1.03. The molecule has 3 nitrogen and oxygen atoms in total. The van der Waals surface area contributed by atoms with Crippen LogP contribution in [0.2, 0.25) is 0 Å². The molecule has 0 saturated carbocycles. The molecule has 0 fully saturated rings. The van der Waals surface area contributed by atoms with Gasteiger partial charge in [0.2, 0.25) is 0 Å². The third kappa shape index (κ3) is 2.26. The minimum atomic E-state index is -1.03. The molecule has 0 heterocycles. The normalized spacial score (nSPS) is 13.7. The lowest BCUT2D eigenvalue weighted by atomic mass is 9.84. The van der Waals surface area contributed by atoms with Gasteiger partial charge in [0.25, 0.3) is 0 Å². The van der Waals surface area contributed by atoms with Crippen LogP contribution >= 0.6 is 0 Å². The smallest absolute Gasteiger partial charge is 0.155 e. The van der Waals surface area contributed by atoms with E-state index in [0.717, 1.165) is 0 Å². The van der Waals surface area contributed by atoms with Crippen LogP contribution in [0.25, 0.3) is 0 Å². The van der Waals surface area contributed by atoms with Crippen molar-refractivity contribution in [3.63, 3.8) is 0 Å². The summed E-state index contributed by atoms with van der Waals surface area (Å²) >= 11 is 0. The maximum atomic E-state index is 11.2. The van der Waals surface area contributed by atoms with E-state index in [1.54, 1.807) is 0 Å². The molecule has 0 aromatic heterocycles. The van der Waals surface area contributed by atoms with E-state index in [0.29, 0.717) is 12.6 Å². The first-order valence-corrected chi connectivity index (χ1v) is 3.41. The van der Waals surface area contributed by atoms with Crippen molar-refractivity contribution in [2.75, 3.05) is 0 Å². The minimum absolute atomic E-state index is 0.331. The molecule has 0 unspecified atom stereocenters. The maximum Gasteiger partial charge on any atom is 0.155 e. The number of carbonyl (C=O) groups is 3. The van der Waals surface area contributed by atoms with Crippen LogP contribution in [0.5, 0.6) is 0 Å². The van der Waals surface area contributed by atoms with E-state index in [1.807, 2.05) is 0 Å². The molecule has 11 heavy (non-hydrogen) atoms. The molecular formula is C8H12O3. The zero-order chi connectivity index (χ0) is 9.07. The first-order valence-electron chi connectivity index (χ1n) is 3.41. The van der Waals surface area contributed by atoms with Gasteiger partial charge in [-0.15, -0.1) is 0 Å². The Labute approximate surface area is 65.8 Å². The lowest BCUT2D eigenvalue weighted by molar-refractivity contribution is -0.137. The second-order valence-electron chi connectivity index (χ2n) is 3.13. The third-order valence-electron chi connectivity index (χ3n) is 1.55. The van der Waals surface area contributed by atoms with E-state index < -0.39 is 11.3 Å². The van der Waals surface area contributed by atoms with Crippen LogP contribution in [0.1, 0.15) is 20.8 Å². The van der Waals surface area contributed by atoms with E-state index in [-0.39, 0.29) is 5.78 Å². The number of Topliss-reactive ketones (excluding diaryl/α,β-unsaturated/α-hetero) is 1. The highest BCUT2D eigenvalue weighted by atomic mass is 16.2. The van der Waals surface area contributed by atoms with Crippen LogP contribution in [0.4, 0.5) is 0 Å². The molecule has 0 aliphatic carbocycles. The van der Waals surface area contributed by atoms with Crippen LogP contribution in [0.3, 0.4) is 0 Å². The molecule has 0 aromatic carbocycles. The first kappa shape index (κ1) is 10.0. The summed E-state index contributed by atoms with van der Waals surface area (Å²) in [7, 11) is 0. The van der Waals surface area contributed by atoms with Crippen molar-refractivity contribution in [1.29, 1.82) is 0 Å². The summed E-state index contributed by atoms with van der Waals surface area (Å²) in [4.78, 5) is 31.7. The summed E-state index contributed by atoms with van der Waals surface area (Å²) in [6.45, 7) is 4.49. The Morgan fingerprint density at radius 1 is 1.36 bits per heavy atom. The zero-order valence-corrected chi connectivity index (χ0v) is 6.96. The summed E-state index contributed by atoms with van der Waals surface area (Å²) in [6, 6.07) is 0. The van der Waals surface area contributed by atoms with Crippen LogP contribution < -0.4 is 0 Å². The molecule has 0 amide bonds. The van der Waals surface area contributed by atoms with Crippen molar-refractivity contribution in [3.8, 4) is 0 Å². The summed E-state index contributed by atoms with van der Waals surface area (Å²) in [5, 5.41) is 0. The van der Waals surface area contributed by atoms with Gasteiger partial charge < -0.3 is 9.59 Å². The topological polar surface area (TPSA) is 51.2 Å². The van der Waals surface area contributed by atoms with E-state index in [2.05, 4.69) is 0 Å². The van der Waals surface area contributed by atoms with Gasteiger partial charge in [0, 0.05) is 0 Å². The molecule has 1 atom stereocenters. The Morgan fingerprint density at radius 3 is 2.09 bits per heavy atom. The molecular weight excluding hydrogens is 144 g/mol. The second kappa shape index (κ2) is 3.42. The largest absolute Gasteiger partial charge is 0.303 e. The van der Waals surface area contributed by atoms with Gasteiger partial charge in [0.05, 0.1) is 11.3 Å². The molecule has 62 valence electrons. The van der Waals surface area contributed by atoms with Crippen molar-refractivity contribution < 1.29 is 14.4 Å². The monoisotopic (exact) mass is 156 g/mol. The van der Waals surface area contributed by atoms with Crippen LogP contribution in [-0.2, 0) is 14.4 Å². The second-order valence-corrected chi connectivity index (χ2v) is 3.13. The number of rotatable bonds is 4. The Kier molecular flexibility index (Phi) is 3.11. The van der Waals surface area contributed by atoms with E-state index >= 15 is 0 Å². The molecule has 0 aromatic rings. The lowest BCUT2D eigenvalue weighted by Gasteiger charge is -2.16. The number of carbonyl (C=O) groups excluding carboxylic acids is 3. The molecule has 0 aliphatic heterocycles. The van der Waals surface area contributed by atoms with Gasteiger partial charge in [0.15, 0.2) is 5.78 Å². The van der Waals surface area contributed by atoms with Gasteiger partial charge >= 0.3 is 0 Å². The average Bonchev–Trinajstić information content (AvgIpc) is 2.01. The lowest BCUT2D eigenvalue weighted by Crippen LogP contribution is -2.31. The third-order valence-corrected chi connectivity index (χ3v) is 1.55. The van der Waals surface area contributed by atoms with E-state index in [9.17, 15) is 14.4 Å². The van der Waals surface area contributed by atoms with Gasteiger partial charge in [-0.25, -0.2) is 0 Å². The first-order chi connectivity index (χ1) is 4.95. The molecule has 0 radical (unpaired) electrons. The molecule has 0 aliphatic rings. The predicted molar refractivity (Wildman–Crippen MR) is 40.1 cm³/mol. The number of aldehydes is 2. The van der Waals surface area contributed by atoms with Crippen molar-refractivity contribution in [2.24, 2.45) is 11.3 Å². The average molecular weight is 156 g/mol. The standard InChI is InChI=1S/C8H12O3/c1-6(4-9)7(11)8(2,3)5-10/h4-6H,1-3H3/t6-/m1/s1. The fourth-order valence-electron chi connectivity index (χ4n) is 0.707. The van der Waals surface area contributed by atoms with Gasteiger partial charge in [-0.2, -0.15) is 0 Å². The maximum absolute atomic E-state index is 11.2. The van der Waals surface area contributed by atoms with E-state index in [4.69, 9.17) is 0 Å². The van der Waals surface area contributed by atoms with Crippen LogP contribution in [0.15, 0.2) is 0 Å². The molecule has 3 heteroatoms. The number of ketones is 1. The van der Waals surface area contributed by atoms with Crippen molar-refractivity contribution >= 4 is 18.4 Å². The Balaban J connectivity index is 4.47. The van der Waals surface area contributed by atoms with Gasteiger partial charge in [-0.05, 0) is 20.8 Å². The molecule has 0 N–H and O–H groups in total. The molecule has 0 bridgehead atoms. The highest BCUT2D eigenvalue weighted by molar-refractivity contribution is 6.04. The Bertz CT molecular complexity index is 182. The van der Waals surface area contributed by atoms with Crippen molar-refractivity contribution in [1.82, 2.24) is 0 Å². The van der Waals surface area contributed by atoms with Gasteiger partial charge in [-0.1, -0.05) is 0 Å².